The van der Waals surface area contributed by atoms with Crippen LogP contribution in [-0.4, -0.2) is 40.9 Å². The number of benzene rings is 2. The van der Waals surface area contributed by atoms with Gasteiger partial charge in [-0.05, 0) is 48.4 Å². The molecule has 2 aromatic rings. The highest BCUT2D eigenvalue weighted by Gasteiger charge is 2.73. The molecule has 4 amide bonds. The third kappa shape index (κ3) is 3.28. The summed E-state index contributed by atoms with van der Waals surface area (Å²) in [6, 6.07) is 3.10. The third-order valence-corrected chi connectivity index (χ3v) is 6.05. The maximum atomic E-state index is 14.5. The van der Waals surface area contributed by atoms with Gasteiger partial charge in [0.15, 0.2) is 0 Å². The molecule has 0 fully saturated rings. The van der Waals surface area contributed by atoms with E-state index in [-0.39, 0.29) is 16.8 Å². The zero-order chi connectivity index (χ0) is 26.8. The lowest BCUT2D eigenvalue weighted by atomic mass is 9.71. The van der Waals surface area contributed by atoms with Crippen LogP contribution in [0.25, 0.3) is 0 Å². The first-order valence-electron chi connectivity index (χ1n) is 10.1. The maximum Gasteiger partial charge on any atom is 0.411 e. The second-order valence-corrected chi connectivity index (χ2v) is 8.04. The van der Waals surface area contributed by atoms with Crippen LogP contribution >= 0.6 is 0 Å². The molecule has 186 valence electrons. The predicted molar refractivity (Wildman–Crippen MR) is 112 cm³/mol. The number of halogens is 6. The van der Waals surface area contributed by atoms with E-state index in [1.165, 1.54) is 19.1 Å². The van der Waals surface area contributed by atoms with Crippen molar-refractivity contribution < 1.29 is 45.5 Å². The van der Waals surface area contributed by atoms with Crippen molar-refractivity contribution in [3.05, 3.63) is 94.2 Å². The van der Waals surface area contributed by atoms with Gasteiger partial charge in [-0.25, -0.2) is 4.90 Å². The number of hydrogen-bond acceptors (Lipinski definition) is 4. The number of alkyl halides is 6. The SMILES string of the molecule is C=C/C=C(\C)N1C(=O)c2ccc(C(c3ccc4c(c3)C(=O)NC4=O)(C(F)(F)F)C(F)(F)F)cc2C1=O. The second kappa shape index (κ2) is 7.90. The van der Waals surface area contributed by atoms with E-state index < -0.39 is 63.7 Å². The van der Waals surface area contributed by atoms with Gasteiger partial charge < -0.3 is 0 Å². The molecular weight excluding hydrogens is 494 g/mol. The highest BCUT2D eigenvalue weighted by atomic mass is 19.4. The minimum absolute atomic E-state index is 0.0601. The number of imide groups is 2. The average molecular weight is 508 g/mol. The third-order valence-electron chi connectivity index (χ3n) is 6.05. The van der Waals surface area contributed by atoms with Gasteiger partial charge in [-0.3, -0.25) is 24.5 Å². The Balaban J connectivity index is 2.01. The minimum Gasteiger partial charge on any atom is -0.288 e. The quantitative estimate of drug-likeness (QED) is 0.370. The average Bonchev–Trinajstić information content (AvgIpc) is 3.18. The number of amides is 4. The summed E-state index contributed by atoms with van der Waals surface area (Å²) in [5.41, 5.74) is -9.47. The van der Waals surface area contributed by atoms with Gasteiger partial charge in [-0.1, -0.05) is 24.8 Å². The van der Waals surface area contributed by atoms with Gasteiger partial charge in [0.1, 0.15) is 0 Å². The van der Waals surface area contributed by atoms with E-state index >= 15 is 0 Å². The monoisotopic (exact) mass is 508 g/mol. The van der Waals surface area contributed by atoms with Crippen LogP contribution in [0.1, 0.15) is 59.5 Å². The van der Waals surface area contributed by atoms with Gasteiger partial charge in [0, 0.05) is 5.70 Å². The lowest BCUT2D eigenvalue weighted by Crippen LogP contribution is -2.55. The van der Waals surface area contributed by atoms with Gasteiger partial charge in [-0.15, -0.1) is 0 Å². The largest absolute Gasteiger partial charge is 0.411 e. The Morgan fingerprint density at radius 2 is 1.25 bits per heavy atom. The summed E-state index contributed by atoms with van der Waals surface area (Å²) < 4.78 is 87.2. The number of rotatable bonds is 4. The molecule has 0 unspecified atom stereocenters. The highest BCUT2D eigenvalue weighted by Crippen LogP contribution is 2.57. The van der Waals surface area contributed by atoms with Crippen LogP contribution in [0.3, 0.4) is 0 Å². The van der Waals surface area contributed by atoms with Crippen molar-refractivity contribution in [1.29, 1.82) is 0 Å². The van der Waals surface area contributed by atoms with Gasteiger partial charge in [0.25, 0.3) is 23.6 Å². The maximum absolute atomic E-state index is 14.5. The highest BCUT2D eigenvalue weighted by molar-refractivity contribution is 6.23. The zero-order valence-electron chi connectivity index (χ0n) is 18.2. The Morgan fingerprint density at radius 1 is 0.778 bits per heavy atom. The first-order valence-corrected chi connectivity index (χ1v) is 10.1. The van der Waals surface area contributed by atoms with Crippen molar-refractivity contribution in [3.8, 4) is 0 Å². The van der Waals surface area contributed by atoms with E-state index in [0.29, 0.717) is 35.2 Å². The van der Waals surface area contributed by atoms with Crippen LogP contribution in [0.2, 0.25) is 0 Å². The summed E-state index contributed by atoms with van der Waals surface area (Å²) in [4.78, 5) is 49.9. The molecular formula is C24H14F6N2O4. The fourth-order valence-electron chi connectivity index (χ4n) is 4.42. The van der Waals surface area contributed by atoms with Gasteiger partial charge in [0.05, 0.1) is 22.3 Å². The molecule has 1 N–H and O–H groups in total. The Kier molecular flexibility index (Phi) is 5.46. The summed E-state index contributed by atoms with van der Waals surface area (Å²) in [6.45, 7) is 4.76. The molecule has 0 saturated heterocycles. The lowest BCUT2D eigenvalue weighted by Gasteiger charge is -2.38. The van der Waals surface area contributed by atoms with E-state index in [1.807, 2.05) is 5.32 Å². The first-order chi connectivity index (χ1) is 16.7. The van der Waals surface area contributed by atoms with Gasteiger partial charge in [0.2, 0.25) is 5.41 Å². The van der Waals surface area contributed by atoms with E-state index in [9.17, 15) is 45.5 Å². The Bertz CT molecular complexity index is 1390. The first kappa shape index (κ1) is 24.9. The van der Waals surface area contributed by atoms with Crippen LogP contribution in [0.15, 0.2) is 60.8 Å². The molecule has 0 spiro atoms. The van der Waals surface area contributed by atoms with Crippen LogP contribution in [-0.2, 0) is 5.41 Å². The zero-order valence-corrected chi connectivity index (χ0v) is 18.2. The van der Waals surface area contributed by atoms with E-state index in [1.54, 1.807) is 0 Å². The van der Waals surface area contributed by atoms with Crippen molar-refractivity contribution in [1.82, 2.24) is 10.2 Å². The smallest absolute Gasteiger partial charge is 0.288 e. The van der Waals surface area contributed by atoms with Gasteiger partial charge >= 0.3 is 12.4 Å². The summed E-state index contributed by atoms with van der Waals surface area (Å²) in [6.07, 6.45) is -9.51. The molecule has 4 rings (SSSR count). The van der Waals surface area contributed by atoms with Crippen LogP contribution < -0.4 is 5.32 Å². The van der Waals surface area contributed by atoms with Crippen molar-refractivity contribution in [3.63, 3.8) is 0 Å². The molecule has 0 bridgehead atoms. The van der Waals surface area contributed by atoms with Crippen molar-refractivity contribution in [2.45, 2.75) is 24.7 Å². The number of allylic oxidation sites excluding steroid dienone is 3. The predicted octanol–water partition coefficient (Wildman–Crippen LogP) is 4.67. The molecule has 12 heteroatoms. The number of carbonyl (C=O) groups is 4. The summed E-state index contributed by atoms with van der Waals surface area (Å²) in [5, 5.41) is 1.81. The molecule has 2 heterocycles. The number of fused-ring (bicyclic) bond motifs is 2. The van der Waals surface area contributed by atoms with Crippen LogP contribution in [0.5, 0.6) is 0 Å². The number of hydrogen-bond donors (Lipinski definition) is 1. The molecule has 0 radical (unpaired) electrons. The standard InChI is InChI=1S/C24H14F6N2O4/c1-3-4-11(2)32-20(35)15-8-6-13(10-17(15)21(32)36)22(23(25,26)27,24(28,29)30)12-5-7-14-16(9-12)19(34)31-18(14)33/h3-10H,1H2,2H3,(H,31,33,34)/b11-4+. The summed E-state index contributed by atoms with van der Waals surface area (Å²) >= 11 is 0. The fraction of sp³-hybridized carbons (Fsp3) is 0.167. The second-order valence-electron chi connectivity index (χ2n) is 8.04. The summed E-state index contributed by atoms with van der Waals surface area (Å²) in [5.74, 6) is -4.14. The molecule has 6 nitrogen and oxygen atoms in total. The number of nitrogens with one attached hydrogen (secondary N) is 1. The van der Waals surface area contributed by atoms with Gasteiger partial charge in [-0.2, -0.15) is 26.3 Å². The Labute approximate surface area is 198 Å². The van der Waals surface area contributed by atoms with Crippen molar-refractivity contribution in [2.24, 2.45) is 0 Å². The van der Waals surface area contributed by atoms with E-state index in [4.69, 9.17) is 0 Å². The molecule has 2 aliphatic heterocycles. The Hall–Kier alpha value is -4.22. The molecule has 36 heavy (non-hydrogen) atoms. The fourth-order valence-corrected chi connectivity index (χ4v) is 4.42. The molecule has 0 saturated carbocycles. The van der Waals surface area contributed by atoms with E-state index in [2.05, 4.69) is 6.58 Å². The molecule has 0 aliphatic carbocycles. The van der Waals surface area contributed by atoms with Crippen molar-refractivity contribution >= 4 is 23.6 Å². The number of nitrogens with zero attached hydrogens (tertiary/aromatic N) is 1. The molecule has 0 atom stereocenters. The molecule has 2 aromatic carbocycles. The normalized spacial score (nSPS) is 16.3. The molecule has 2 aliphatic rings. The van der Waals surface area contributed by atoms with Crippen LogP contribution in [0.4, 0.5) is 26.3 Å². The summed E-state index contributed by atoms with van der Waals surface area (Å²) in [7, 11) is 0. The minimum atomic E-state index is -6.02. The van der Waals surface area contributed by atoms with Crippen molar-refractivity contribution in [2.75, 3.05) is 0 Å². The Morgan fingerprint density at radius 3 is 1.78 bits per heavy atom. The topological polar surface area (TPSA) is 83.6 Å². The molecule has 0 aromatic heterocycles. The lowest BCUT2D eigenvalue weighted by molar-refractivity contribution is -0.288. The number of carbonyl (C=O) groups excluding carboxylic acids is 4. The van der Waals surface area contributed by atoms with E-state index in [0.717, 1.165) is 6.07 Å². The van der Waals surface area contributed by atoms with Crippen LogP contribution in [0, 0.1) is 0 Å².